The monoisotopic (exact) mass is 241 g/mol. The van der Waals surface area contributed by atoms with Crippen LogP contribution in [0.2, 0.25) is 0 Å². The summed E-state index contributed by atoms with van der Waals surface area (Å²) in [6.07, 6.45) is 3.08. The van der Waals surface area contributed by atoms with Crippen LogP contribution < -0.4 is 5.32 Å². The summed E-state index contributed by atoms with van der Waals surface area (Å²) in [5.74, 6) is 0.249. The van der Waals surface area contributed by atoms with Crippen LogP contribution in [-0.4, -0.2) is 61.5 Å². The summed E-state index contributed by atoms with van der Waals surface area (Å²) in [4.78, 5) is 16.1. The molecule has 1 N–H and O–H groups in total. The fourth-order valence-electron chi connectivity index (χ4n) is 2.29. The van der Waals surface area contributed by atoms with Gasteiger partial charge in [0.1, 0.15) is 0 Å². The van der Waals surface area contributed by atoms with E-state index in [2.05, 4.69) is 31.1 Å². The predicted molar refractivity (Wildman–Crippen MR) is 71.0 cm³/mol. The number of nitrogens with zero attached hydrogens (tertiary/aromatic N) is 2. The SMILES string of the molecule is CC(C)NCCC(=O)N(C)CC1CCCN1C. The highest BCUT2D eigenvalue weighted by molar-refractivity contribution is 5.76. The van der Waals surface area contributed by atoms with Crippen molar-refractivity contribution in [2.24, 2.45) is 0 Å². The molecule has 1 heterocycles. The number of amides is 1. The van der Waals surface area contributed by atoms with E-state index in [1.54, 1.807) is 0 Å². The minimum absolute atomic E-state index is 0.249. The highest BCUT2D eigenvalue weighted by atomic mass is 16.2. The summed E-state index contributed by atoms with van der Waals surface area (Å²) in [7, 11) is 4.07. The van der Waals surface area contributed by atoms with E-state index in [1.165, 1.54) is 19.4 Å². The van der Waals surface area contributed by atoms with E-state index in [0.29, 0.717) is 18.5 Å². The Kier molecular flexibility index (Phi) is 5.92. The van der Waals surface area contributed by atoms with Crippen molar-refractivity contribution in [3.05, 3.63) is 0 Å². The van der Waals surface area contributed by atoms with E-state index in [9.17, 15) is 4.79 Å². The van der Waals surface area contributed by atoms with Gasteiger partial charge in [-0.3, -0.25) is 4.79 Å². The van der Waals surface area contributed by atoms with Gasteiger partial charge in [0.05, 0.1) is 0 Å². The molecule has 0 aromatic carbocycles. The molecule has 1 rings (SSSR count). The zero-order valence-corrected chi connectivity index (χ0v) is 11.7. The Hall–Kier alpha value is -0.610. The first-order valence-corrected chi connectivity index (χ1v) is 6.68. The summed E-state index contributed by atoms with van der Waals surface area (Å²) in [6, 6.07) is 1.01. The standard InChI is InChI=1S/C13H27N3O/c1-11(2)14-8-7-13(17)16(4)10-12-6-5-9-15(12)3/h11-12,14H,5-10H2,1-4H3. The minimum Gasteiger partial charge on any atom is -0.344 e. The summed E-state index contributed by atoms with van der Waals surface area (Å²) in [5, 5.41) is 3.28. The summed E-state index contributed by atoms with van der Waals surface area (Å²) >= 11 is 0. The van der Waals surface area contributed by atoms with Gasteiger partial charge in [-0.2, -0.15) is 0 Å². The van der Waals surface area contributed by atoms with Crippen LogP contribution in [0.25, 0.3) is 0 Å². The Bertz CT molecular complexity index is 243. The van der Waals surface area contributed by atoms with Crippen LogP contribution in [-0.2, 0) is 4.79 Å². The van der Waals surface area contributed by atoms with Gasteiger partial charge in [0, 0.05) is 38.6 Å². The van der Waals surface area contributed by atoms with E-state index >= 15 is 0 Å². The molecular weight excluding hydrogens is 214 g/mol. The second kappa shape index (κ2) is 6.97. The molecule has 0 bridgehead atoms. The summed E-state index contributed by atoms with van der Waals surface area (Å²) in [6.45, 7) is 7.02. The van der Waals surface area contributed by atoms with Gasteiger partial charge in [0.15, 0.2) is 0 Å². The molecule has 0 radical (unpaired) electrons. The number of carbonyl (C=O) groups is 1. The minimum atomic E-state index is 0.249. The topological polar surface area (TPSA) is 35.6 Å². The van der Waals surface area contributed by atoms with Gasteiger partial charge < -0.3 is 15.1 Å². The van der Waals surface area contributed by atoms with E-state index in [-0.39, 0.29) is 5.91 Å². The van der Waals surface area contributed by atoms with Crippen LogP contribution in [0.5, 0.6) is 0 Å². The molecule has 1 saturated heterocycles. The smallest absolute Gasteiger partial charge is 0.223 e. The molecular formula is C13H27N3O. The van der Waals surface area contributed by atoms with E-state index < -0.39 is 0 Å². The van der Waals surface area contributed by atoms with Crippen LogP contribution in [0.15, 0.2) is 0 Å². The molecule has 0 spiro atoms. The zero-order valence-electron chi connectivity index (χ0n) is 11.7. The highest BCUT2D eigenvalue weighted by Gasteiger charge is 2.23. The Morgan fingerprint density at radius 2 is 2.24 bits per heavy atom. The molecule has 0 aromatic rings. The third-order valence-corrected chi connectivity index (χ3v) is 3.47. The fraction of sp³-hybridized carbons (Fsp3) is 0.923. The number of likely N-dealkylation sites (tertiary alicyclic amines) is 1. The molecule has 0 saturated carbocycles. The molecule has 1 aliphatic heterocycles. The number of likely N-dealkylation sites (N-methyl/N-ethyl adjacent to an activating group) is 2. The third kappa shape index (κ3) is 5.04. The van der Waals surface area contributed by atoms with Gasteiger partial charge in [0.25, 0.3) is 0 Å². The van der Waals surface area contributed by atoms with Crippen LogP contribution in [0.3, 0.4) is 0 Å². The van der Waals surface area contributed by atoms with Gasteiger partial charge >= 0.3 is 0 Å². The van der Waals surface area contributed by atoms with Gasteiger partial charge in [-0.25, -0.2) is 0 Å². The Morgan fingerprint density at radius 3 is 2.76 bits per heavy atom. The van der Waals surface area contributed by atoms with Gasteiger partial charge in [-0.15, -0.1) is 0 Å². The average Bonchev–Trinajstić information content (AvgIpc) is 2.63. The largest absolute Gasteiger partial charge is 0.344 e. The first-order chi connectivity index (χ1) is 8.00. The maximum atomic E-state index is 11.9. The molecule has 0 aromatic heterocycles. The lowest BCUT2D eigenvalue weighted by Gasteiger charge is -2.26. The quantitative estimate of drug-likeness (QED) is 0.751. The third-order valence-electron chi connectivity index (χ3n) is 3.47. The van der Waals surface area contributed by atoms with Gasteiger partial charge in [-0.1, -0.05) is 13.8 Å². The maximum absolute atomic E-state index is 11.9. The molecule has 1 atom stereocenters. The van der Waals surface area contributed by atoms with E-state index in [0.717, 1.165) is 13.1 Å². The second-order valence-electron chi connectivity index (χ2n) is 5.41. The summed E-state index contributed by atoms with van der Waals surface area (Å²) in [5.41, 5.74) is 0. The molecule has 1 fully saturated rings. The highest BCUT2D eigenvalue weighted by Crippen LogP contribution is 2.15. The first kappa shape index (κ1) is 14.5. The van der Waals surface area contributed by atoms with Crippen molar-refractivity contribution in [2.45, 2.75) is 45.2 Å². The molecule has 1 amide bonds. The second-order valence-corrected chi connectivity index (χ2v) is 5.41. The number of hydrogen-bond donors (Lipinski definition) is 1. The molecule has 4 heteroatoms. The van der Waals surface area contributed by atoms with Crippen molar-refractivity contribution in [3.63, 3.8) is 0 Å². The molecule has 17 heavy (non-hydrogen) atoms. The van der Waals surface area contributed by atoms with Crippen LogP contribution in [0, 0.1) is 0 Å². The van der Waals surface area contributed by atoms with Crippen molar-refractivity contribution in [2.75, 3.05) is 33.7 Å². The Morgan fingerprint density at radius 1 is 1.53 bits per heavy atom. The van der Waals surface area contributed by atoms with Crippen molar-refractivity contribution >= 4 is 5.91 Å². The number of rotatable bonds is 6. The van der Waals surface area contributed by atoms with Crippen LogP contribution >= 0.6 is 0 Å². The van der Waals surface area contributed by atoms with Crippen molar-refractivity contribution in [3.8, 4) is 0 Å². The number of hydrogen-bond acceptors (Lipinski definition) is 3. The first-order valence-electron chi connectivity index (χ1n) is 6.68. The normalized spacial score (nSPS) is 21.1. The molecule has 0 aliphatic carbocycles. The lowest BCUT2D eigenvalue weighted by Crippen LogP contribution is -2.40. The lowest BCUT2D eigenvalue weighted by molar-refractivity contribution is -0.130. The van der Waals surface area contributed by atoms with Gasteiger partial charge in [-0.05, 0) is 26.4 Å². The number of carbonyl (C=O) groups excluding carboxylic acids is 1. The lowest BCUT2D eigenvalue weighted by atomic mass is 10.2. The van der Waals surface area contributed by atoms with E-state index in [1.807, 2.05) is 11.9 Å². The zero-order chi connectivity index (χ0) is 12.8. The van der Waals surface area contributed by atoms with Crippen molar-refractivity contribution in [1.29, 1.82) is 0 Å². The van der Waals surface area contributed by atoms with Crippen molar-refractivity contribution in [1.82, 2.24) is 15.1 Å². The van der Waals surface area contributed by atoms with E-state index in [4.69, 9.17) is 0 Å². The molecule has 1 aliphatic rings. The van der Waals surface area contributed by atoms with Gasteiger partial charge in [0.2, 0.25) is 5.91 Å². The average molecular weight is 241 g/mol. The molecule has 4 nitrogen and oxygen atoms in total. The summed E-state index contributed by atoms with van der Waals surface area (Å²) < 4.78 is 0. The Balaban J connectivity index is 2.22. The number of nitrogens with one attached hydrogen (secondary N) is 1. The Labute approximate surface area is 105 Å². The van der Waals surface area contributed by atoms with Crippen molar-refractivity contribution < 1.29 is 4.79 Å². The van der Waals surface area contributed by atoms with Crippen LogP contribution in [0.4, 0.5) is 0 Å². The predicted octanol–water partition coefficient (Wildman–Crippen LogP) is 0.927. The fourth-order valence-corrected chi connectivity index (χ4v) is 2.29. The molecule has 1 unspecified atom stereocenters. The molecule has 100 valence electrons. The van der Waals surface area contributed by atoms with Crippen LogP contribution in [0.1, 0.15) is 33.1 Å². The maximum Gasteiger partial charge on any atom is 0.223 e.